The first-order valence-electron chi connectivity index (χ1n) is 4.09. The molecule has 0 spiro atoms. The van der Waals surface area contributed by atoms with Crippen LogP contribution in [0.4, 0.5) is 5.69 Å². The fourth-order valence-corrected chi connectivity index (χ4v) is 1.89. The fourth-order valence-electron chi connectivity index (χ4n) is 0.988. The summed E-state index contributed by atoms with van der Waals surface area (Å²) in [5, 5.41) is 4.76. The van der Waals surface area contributed by atoms with Gasteiger partial charge in [0.2, 0.25) is 5.91 Å². The molecule has 0 saturated carbocycles. The first-order valence-corrected chi connectivity index (χ1v) is 4.97. The van der Waals surface area contributed by atoms with Crippen LogP contribution in [0.3, 0.4) is 0 Å². The van der Waals surface area contributed by atoms with Crippen LogP contribution in [0.2, 0.25) is 0 Å². The molecule has 1 aromatic rings. The number of hydrogen-bond donors (Lipinski definition) is 1. The Bertz CT molecular complexity index is 334. The van der Waals surface area contributed by atoms with Crippen molar-refractivity contribution in [3.63, 3.8) is 0 Å². The number of thiophene rings is 1. The van der Waals surface area contributed by atoms with Gasteiger partial charge in [-0.05, 0) is 31.4 Å². The molecule has 0 aliphatic heterocycles. The minimum Gasteiger partial charge on any atom is -0.325 e. The zero-order valence-electron chi connectivity index (χ0n) is 8.05. The highest BCUT2D eigenvalue weighted by Crippen LogP contribution is 2.24. The smallest absolute Gasteiger partial charge is 0.221 e. The second kappa shape index (κ2) is 4.23. The molecule has 0 aromatic carbocycles. The van der Waals surface area contributed by atoms with Crippen molar-refractivity contribution in [3.8, 4) is 0 Å². The highest BCUT2D eigenvalue weighted by molar-refractivity contribution is 7.11. The van der Waals surface area contributed by atoms with Gasteiger partial charge in [0.1, 0.15) is 0 Å². The molecule has 1 heterocycles. The zero-order chi connectivity index (χ0) is 9.84. The first-order chi connectivity index (χ1) is 6.09. The third-order valence-electron chi connectivity index (χ3n) is 1.43. The van der Waals surface area contributed by atoms with Crippen molar-refractivity contribution in [2.45, 2.75) is 20.8 Å². The largest absolute Gasteiger partial charge is 0.325 e. The van der Waals surface area contributed by atoms with Crippen LogP contribution in [0, 0.1) is 0 Å². The van der Waals surface area contributed by atoms with Crippen LogP contribution < -0.4 is 5.32 Å². The van der Waals surface area contributed by atoms with E-state index in [0.717, 1.165) is 10.6 Å². The van der Waals surface area contributed by atoms with Crippen LogP contribution in [0.25, 0.3) is 6.08 Å². The number of amides is 1. The quantitative estimate of drug-likeness (QED) is 0.771. The van der Waals surface area contributed by atoms with Gasteiger partial charge in [0, 0.05) is 6.92 Å². The van der Waals surface area contributed by atoms with E-state index in [-0.39, 0.29) is 5.91 Å². The summed E-state index contributed by atoms with van der Waals surface area (Å²) in [5.41, 5.74) is 2.13. The van der Waals surface area contributed by atoms with Gasteiger partial charge < -0.3 is 5.32 Å². The Morgan fingerprint density at radius 1 is 1.46 bits per heavy atom. The molecule has 1 N–H and O–H groups in total. The van der Waals surface area contributed by atoms with Crippen LogP contribution in [0.1, 0.15) is 25.6 Å². The number of allylic oxidation sites excluding steroid dienone is 1. The van der Waals surface area contributed by atoms with Crippen LogP contribution in [-0.4, -0.2) is 5.91 Å². The molecule has 0 fully saturated rings. The Balaban J connectivity index is 2.89. The lowest BCUT2D eigenvalue weighted by Crippen LogP contribution is -2.05. The molecule has 1 aromatic heterocycles. The summed E-state index contributed by atoms with van der Waals surface area (Å²) in [6, 6.07) is 1.92. The first kappa shape index (κ1) is 9.99. The van der Waals surface area contributed by atoms with E-state index in [1.165, 1.54) is 12.5 Å². The summed E-state index contributed by atoms with van der Waals surface area (Å²) in [4.78, 5) is 11.9. The van der Waals surface area contributed by atoms with E-state index in [4.69, 9.17) is 0 Å². The molecule has 0 aliphatic carbocycles. The van der Waals surface area contributed by atoms with E-state index in [9.17, 15) is 4.79 Å². The van der Waals surface area contributed by atoms with E-state index in [1.807, 2.05) is 25.3 Å². The summed E-state index contributed by atoms with van der Waals surface area (Å²) in [7, 11) is 0. The van der Waals surface area contributed by atoms with Crippen LogP contribution in [-0.2, 0) is 4.79 Å². The van der Waals surface area contributed by atoms with E-state index in [1.54, 1.807) is 11.3 Å². The molecule has 2 nitrogen and oxygen atoms in total. The second-order valence-electron chi connectivity index (χ2n) is 3.10. The van der Waals surface area contributed by atoms with Crippen LogP contribution >= 0.6 is 11.3 Å². The Hall–Kier alpha value is -1.09. The van der Waals surface area contributed by atoms with Gasteiger partial charge in [-0.2, -0.15) is 0 Å². The molecule has 0 unspecified atom stereocenters. The molecular formula is C10H13NOS. The lowest BCUT2D eigenvalue weighted by Gasteiger charge is -2.00. The predicted octanol–water partition coefficient (Wildman–Crippen LogP) is 3.13. The van der Waals surface area contributed by atoms with Crippen molar-refractivity contribution in [2.24, 2.45) is 0 Å². The zero-order valence-corrected chi connectivity index (χ0v) is 8.87. The van der Waals surface area contributed by atoms with Crippen LogP contribution in [0.15, 0.2) is 17.0 Å². The minimum atomic E-state index is -0.0261. The molecule has 0 saturated heterocycles. The second-order valence-corrected chi connectivity index (χ2v) is 4.05. The number of hydrogen-bond acceptors (Lipinski definition) is 2. The van der Waals surface area contributed by atoms with Crippen LogP contribution in [0.5, 0.6) is 0 Å². The predicted molar refractivity (Wildman–Crippen MR) is 57.9 cm³/mol. The summed E-state index contributed by atoms with van der Waals surface area (Å²) >= 11 is 1.63. The maximum Gasteiger partial charge on any atom is 0.221 e. The maximum atomic E-state index is 10.8. The number of carbonyl (C=O) groups excluding carboxylic acids is 1. The van der Waals surface area contributed by atoms with Crippen molar-refractivity contribution in [1.82, 2.24) is 0 Å². The lowest BCUT2D eigenvalue weighted by atomic mass is 10.2. The highest BCUT2D eigenvalue weighted by atomic mass is 32.1. The van der Waals surface area contributed by atoms with E-state index in [0.29, 0.717) is 0 Å². The minimum absolute atomic E-state index is 0.0261. The average molecular weight is 195 g/mol. The topological polar surface area (TPSA) is 29.1 Å². The summed E-state index contributed by atoms with van der Waals surface area (Å²) in [6.45, 7) is 5.60. The molecule has 0 aliphatic rings. The molecule has 13 heavy (non-hydrogen) atoms. The summed E-state index contributed by atoms with van der Waals surface area (Å²) < 4.78 is 0. The van der Waals surface area contributed by atoms with Gasteiger partial charge in [-0.25, -0.2) is 0 Å². The van der Waals surface area contributed by atoms with Crippen molar-refractivity contribution in [3.05, 3.63) is 21.9 Å². The van der Waals surface area contributed by atoms with Gasteiger partial charge in [-0.1, -0.05) is 5.57 Å². The Morgan fingerprint density at radius 2 is 2.15 bits per heavy atom. The van der Waals surface area contributed by atoms with Gasteiger partial charge in [0.25, 0.3) is 0 Å². The third-order valence-corrected chi connectivity index (χ3v) is 2.29. The van der Waals surface area contributed by atoms with Crippen molar-refractivity contribution >= 4 is 29.0 Å². The Morgan fingerprint density at radius 3 is 2.69 bits per heavy atom. The van der Waals surface area contributed by atoms with Gasteiger partial charge in [-0.3, -0.25) is 4.79 Å². The molecule has 0 atom stereocenters. The highest BCUT2D eigenvalue weighted by Gasteiger charge is 2.02. The third kappa shape index (κ3) is 3.03. The van der Waals surface area contributed by atoms with Gasteiger partial charge in [-0.15, -0.1) is 11.3 Å². The summed E-state index contributed by atoms with van der Waals surface area (Å²) in [5.74, 6) is -0.0261. The molecule has 0 radical (unpaired) electrons. The lowest BCUT2D eigenvalue weighted by molar-refractivity contribution is -0.114. The Kier molecular flexibility index (Phi) is 3.25. The van der Waals surface area contributed by atoms with Gasteiger partial charge >= 0.3 is 0 Å². The molecule has 1 rings (SSSR count). The molecule has 3 heteroatoms. The number of carbonyl (C=O) groups is 1. The van der Waals surface area contributed by atoms with Gasteiger partial charge in [0.15, 0.2) is 0 Å². The SMILES string of the molecule is CC(=O)Nc1ccsc1C=C(C)C. The number of rotatable bonds is 2. The molecule has 70 valence electrons. The molecule has 1 amide bonds. The number of nitrogens with one attached hydrogen (secondary N) is 1. The normalized spacial score (nSPS) is 9.46. The fraction of sp³-hybridized carbons (Fsp3) is 0.300. The maximum absolute atomic E-state index is 10.8. The molecule has 0 bridgehead atoms. The van der Waals surface area contributed by atoms with Crippen molar-refractivity contribution in [2.75, 3.05) is 5.32 Å². The van der Waals surface area contributed by atoms with Gasteiger partial charge in [0.05, 0.1) is 10.6 Å². The monoisotopic (exact) mass is 195 g/mol. The van der Waals surface area contributed by atoms with E-state index in [2.05, 4.69) is 11.4 Å². The van der Waals surface area contributed by atoms with Crippen molar-refractivity contribution < 1.29 is 4.79 Å². The average Bonchev–Trinajstić information content (AvgIpc) is 2.34. The summed E-state index contributed by atoms with van der Waals surface area (Å²) in [6.07, 6.45) is 2.07. The molecular weight excluding hydrogens is 182 g/mol. The standard InChI is InChI=1S/C10H13NOS/c1-7(2)6-10-9(4-5-13-10)11-8(3)12/h4-6H,1-3H3,(H,11,12). The van der Waals surface area contributed by atoms with E-state index < -0.39 is 0 Å². The number of anilines is 1. The van der Waals surface area contributed by atoms with E-state index >= 15 is 0 Å². The van der Waals surface area contributed by atoms with Crippen molar-refractivity contribution in [1.29, 1.82) is 0 Å². The Labute approximate surface area is 82.3 Å².